The Morgan fingerprint density at radius 3 is 2.42 bits per heavy atom. The minimum atomic E-state index is -5.03. The molecule has 31 heavy (non-hydrogen) atoms. The summed E-state index contributed by atoms with van der Waals surface area (Å²) in [4.78, 5) is 12.3. The molecule has 0 aromatic heterocycles. The van der Waals surface area contributed by atoms with Gasteiger partial charge in [-0.05, 0) is 60.2 Å². The Hall–Kier alpha value is -3.16. The van der Waals surface area contributed by atoms with E-state index in [1.165, 1.54) is 30.3 Å². The molecular formula is C23H19F5O3. The van der Waals surface area contributed by atoms with Crippen molar-refractivity contribution in [1.82, 2.24) is 0 Å². The van der Waals surface area contributed by atoms with Crippen LogP contribution in [0, 0.1) is 11.6 Å². The molecule has 0 aliphatic heterocycles. The van der Waals surface area contributed by atoms with Crippen LogP contribution >= 0.6 is 0 Å². The maximum atomic E-state index is 14.3. The fraction of sp³-hybridized carbons (Fsp3) is 0.261. The second kappa shape index (κ2) is 9.32. The number of unbranched alkanes of at least 4 members (excludes halogenated alkanes) is 2. The predicted octanol–water partition coefficient (Wildman–Crippen LogP) is 6.97. The molecule has 0 aliphatic rings. The summed E-state index contributed by atoms with van der Waals surface area (Å²) in [6.07, 6.45) is -1.34. The molecule has 0 saturated heterocycles. The molecule has 0 saturated carbocycles. The summed E-state index contributed by atoms with van der Waals surface area (Å²) in [7, 11) is 0. The van der Waals surface area contributed by atoms with E-state index < -0.39 is 29.7 Å². The summed E-state index contributed by atoms with van der Waals surface area (Å²) in [6.45, 7) is 2.07. The highest BCUT2D eigenvalue weighted by atomic mass is 19.4. The smallest absolute Gasteiger partial charge is 0.423 e. The number of esters is 1. The predicted molar refractivity (Wildman–Crippen MR) is 105 cm³/mol. The van der Waals surface area contributed by atoms with Gasteiger partial charge in [-0.15, -0.1) is 13.2 Å². The maximum absolute atomic E-state index is 14.3. The number of carbonyl (C=O) groups excluding carboxylic acids is 1. The van der Waals surface area contributed by atoms with Crippen LogP contribution < -0.4 is 9.47 Å². The van der Waals surface area contributed by atoms with Gasteiger partial charge in [-0.25, -0.2) is 13.6 Å². The molecule has 3 nitrogen and oxygen atoms in total. The van der Waals surface area contributed by atoms with Crippen LogP contribution in [-0.4, -0.2) is 12.3 Å². The van der Waals surface area contributed by atoms with Crippen LogP contribution in [0.4, 0.5) is 22.0 Å². The number of ether oxygens (including phenoxy) is 2. The molecule has 8 heteroatoms. The van der Waals surface area contributed by atoms with Gasteiger partial charge in [0.15, 0.2) is 11.6 Å². The van der Waals surface area contributed by atoms with Crippen molar-refractivity contribution in [3.8, 4) is 11.5 Å². The van der Waals surface area contributed by atoms with Crippen LogP contribution in [0.3, 0.4) is 0 Å². The van der Waals surface area contributed by atoms with E-state index >= 15 is 0 Å². The molecule has 0 amide bonds. The minimum Gasteiger partial charge on any atom is -0.423 e. The van der Waals surface area contributed by atoms with Crippen molar-refractivity contribution in [1.29, 1.82) is 0 Å². The highest BCUT2D eigenvalue weighted by Gasteiger charge is 2.32. The number of hydrogen-bond acceptors (Lipinski definition) is 3. The van der Waals surface area contributed by atoms with Crippen LogP contribution in [0.15, 0.2) is 48.5 Å². The van der Waals surface area contributed by atoms with Gasteiger partial charge in [-0.3, -0.25) is 0 Å². The first-order chi connectivity index (χ1) is 14.7. The Balaban J connectivity index is 1.77. The highest BCUT2D eigenvalue weighted by Crippen LogP contribution is 2.32. The second-order valence-electron chi connectivity index (χ2n) is 6.97. The lowest BCUT2D eigenvalue weighted by Gasteiger charge is -2.12. The van der Waals surface area contributed by atoms with Crippen molar-refractivity contribution < 1.29 is 36.2 Å². The van der Waals surface area contributed by atoms with Gasteiger partial charge in [0.1, 0.15) is 11.6 Å². The zero-order valence-corrected chi connectivity index (χ0v) is 16.6. The van der Waals surface area contributed by atoms with E-state index in [-0.39, 0.29) is 22.1 Å². The molecule has 0 unspecified atom stereocenters. The fourth-order valence-corrected chi connectivity index (χ4v) is 3.14. The summed E-state index contributed by atoms with van der Waals surface area (Å²) in [5, 5.41) is 0.0354. The lowest BCUT2D eigenvalue weighted by atomic mass is 10.0. The second-order valence-corrected chi connectivity index (χ2v) is 6.97. The van der Waals surface area contributed by atoms with E-state index in [9.17, 15) is 26.7 Å². The van der Waals surface area contributed by atoms with Crippen molar-refractivity contribution in [3.05, 3.63) is 71.3 Å². The monoisotopic (exact) mass is 438 g/mol. The Morgan fingerprint density at radius 1 is 0.968 bits per heavy atom. The molecule has 0 atom stereocenters. The molecular weight excluding hydrogens is 419 g/mol. The topological polar surface area (TPSA) is 35.5 Å². The molecule has 3 aromatic rings. The molecule has 0 heterocycles. The average molecular weight is 438 g/mol. The summed E-state index contributed by atoms with van der Waals surface area (Å²) in [6, 6.07) is 9.96. The molecule has 0 fully saturated rings. The SMILES string of the molecule is CCCCCc1ccc(C(=O)Oc2ccc3c(F)c(OC(F)(F)F)ccc3c2)c(F)c1. The van der Waals surface area contributed by atoms with E-state index in [0.717, 1.165) is 37.0 Å². The molecule has 0 N–H and O–H groups in total. The Kier molecular flexibility index (Phi) is 6.77. The Labute approximate surface area is 175 Å². The number of hydrogen-bond donors (Lipinski definition) is 0. The zero-order chi connectivity index (χ0) is 22.6. The van der Waals surface area contributed by atoms with Gasteiger partial charge in [0.25, 0.3) is 0 Å². The largest absolute Gasteiger partial charge is 0.573 e. The first-order valence-electron chi connectivity index (χ1n) is 9.66. The standard InChI is InChI=1S/C23H19F5O3/c1-2-3-4-5-14-6-9-18(19(24)12-14)22(29)30-16-8-10-17-15(13-16)7-11-20(21(17)25)31-23(26,27)28/h6-13H,2-5H2,1H3. The summed E-state index contributed by atoms with van der Waals surface area (Å²) in [5.74, 6) is -3.81. The van der Waals surface area contributed by atoms with Crippen LogP contribution in [0.1, 0.15) is 42.1 Å². The van der Waals surface area contributed by atoms with Crippen LogP contribution in [-0.2, 0) is 6.42 Å². The molecule has 3 rings (SSSR count). The van der Waals surface area contributed by atoms with E-state index in [1.54, 1.807) is 6.07 Å². The first kappa shape index (κ1) is 22.5. The first-order valence-corrected chi connectivity index (χ1v) is 9.66. The Bertz CT molecular complexity index is 1090. The molecule has 3 aromatic carbocycles. The van der Waals surface area contributed by atoms with Crippen LogP contribution in [0.2, 0.25) is 0 Å². The number of fused-ring (bicyclic) bond motifs is 1. The number of carbonyl (C=O) groups is 1. The molecule has 0 spiro atoms. The molecule has 0 bridgehead atoms. The number of rotatable bonds is 7. The van der Waals surface area contributed by atoms with Gasteiger partial charge in [0.05, 0.1) is 5.56 Å². The van der Waals surface area contributed by atoms with E-state index in [1.807, 2.05) is 0 Å². The third-order valence-electron chi connectivity index (χ3n) is 4.65. The zero-order valence-electron chi connectivity index (χ0n) is 16.6. The summed E-state index contributed by atoms with van der Waals surface area (Å²) < 4.78 is 74.5. The van der Waals surface area contributed by atoms with Crippen molar-refractivity contribution in [2.24, 2.45) is 0 Å². The van der Waals surface area contributed by atoms with Gasteiger partial charge in [-0.2, -0.15) is 0 Å². The van der Waals surface area contributed by atoms with E-state index in [0.29, 0.717) is 6.42 Å². The third-order valence-corrected chi connectivity index (χ3v) is 4.65. The quantitative estimate of drug-likeness (QED) is 0.173. The lowest BCUT2D eigenvalue weighted by Crippen LogP contribution is -2.18. The van der Waals surface area contributed by atoms with Crippen molar-refractivity contribution in [2.75, 3.05) is 0 Å². The van der Waals surface area contributed by atoms with Gasteiger partial charge >= 0.3 is 12.3 Å². The lowest BCUT2D eigenvalue weighted by molar-refractivity contribution is -0.275. The van der Waals surface area contributed by atoms with Gasteiger partial charge < -0.3 is 9.47 Å². The maximum Gasteiger partial charge on any atom is 0.573 e. The summed E-state index contributed by atoms with van der Waals surface area (Å²) in [5.41, 5.74) is 0.528. The van der Waals surface area contributed by atoms with E-state index in [2.05, 4.69) is 11.7 Å². The van der Waals surface area contributed by atoms with Crippen molar-refractivity contribution in [3.63, 3.8) is 0 Å². The minimum absolute atomic E-state index is 0.00666. The number of aryl methyl sites for hydroxylation is 1. The van der Waals surface area contributed by atoms with Crippen molar-refractivity contribution >= 4 is 16.7 Å². The molecule has 0 radical (unpaired) electrons. The highest BCUT2D eigenvalue weighted by molar-refractivity contribution is 5.92. The normalized spacial score (nSPS) is 11.5. The van der Waals surface area contributed by atoms with Gasteiger partial charge in [0, 0.05) is 5.39 Å². The van der Waals surface area contributed by atoms with Gasteiger partial charge in [-0.1, -0.05) is 31.9 Å². The average Bonchev–Trinajstić information content (AvgIpc) is 2.69. The number of benzene rings is 3. The number of alkyl halides is 3. The number of halogens is 5. The fourth-order valence-electron chi connectivity index (χ4n) is 3.14. The van der Waals surface area contributed by atoms with Crippen molar-refractivity contribution in [2.45, 2.75) is 39.0 Å². The van der Waals surface area contributed by atoms with Crippen LogP contribution in [0.5, 0.6) is 11.5 Å². The Morgan fingerprint density at radius 2 is 1.74 bits per heavy atom. The van der Waals surface area contributed by atoms with E-state index in [4.69, 9.17) is 4.74 Å². The molecule has 0 aliphatic carbocycles. The third kappa shape index (κ3) is 5.71. The molecule has 164 valence electrons. The summed E-state index contributed by atoms with van der Waals surface area (Å²) >= 11 is 0. The van der Waals surface area contributed by atoms with Crippen LogP contribution in [0.25, 0.3) is 10.8 Å². The van der Waals surface area contributed by atoms with Gasteiger partial charge in [0.2, 0.25) is 0 Å².